The quantitative estimate of drug-likeness (QED) is 0.0975. The highest BCUT2D eigenvalue weighted by Gasteiger charge is 2.44. The zero-order valence-electron chi connectivity index (χ0n) is 30.9. The standard InChI is InChI=1S/C46H44N4O4S/c1-46(38-17-13-35(14-18-38)34-11-7-4-8-12-34)42(44(49-2)45(54-46)37(30-47)31-48)24-23-41-22-21-40(55-41)20-16-36-15-19-39(50(25-27-51)26-28-52)29-43(36)53-32-33-9-5-3-6-10-33/h3,5-6,9-10,13-24,29,34,51-52H,4,7-8,11-12,25-28,32H2,1H3/b20-16+,24-23+. The number of rotatable bonds is 14. The molecule has 2 heterocycles. The minimum absolute atomic E-state index is 0.0143. The molecule has 2 N–H and O–H groups in total. The Bertz CT molecular complexity index is 2190. The van der Waals surface area contributed by atoms with E-state index in [-0.39, 0.29) is 30.2 Å². The van der Waals surface area contributed by atoms with Crippen molar-refractivity contribution in [3.63, 3.8) is 0 Å². The van der Waals surface area contributed by atoms with Crippen molar-refractivity contribution in [1.29, 1.82) is 10.5 Å². The fourth-order valence-electron chi connectivity index (χ4n) is 7.24. The largest absolute Gasteiger partial charge is 0.488 e. The van der Waals surface area contributed by atoms with E-state index in [0.717, 1.165) is 32.1 Å². The number of thiophene rings is 1. The summed E-state index contributed by atoms with van der Waals surface area (Å²) in [5.41, 5.74) is 4.36. The summed E-state index contributed by atoms with van der Waals surface area (Å²) in [4.78, 5) is 7.65. The molecule has 8 nitrogen and oxygen atoms in total. The van der Waals surface area contributed by atoms with E-state index in [9.17, 15) is 20.7 Å². The van der Waals surface area contributed by atoms with Gasteiger partial charge in [-0.05, 0) is 84.9 Å². The Morgan fingerprint density at radius 3 is 2.22 bits per heavy atom. The third-order valence-corrected chi connectivity index (χ3v) is 11.2. The average Bonchev–Trinajstić information content (AvgIpc) is 3.81. The number of nitriles is 2. The van der Waals surface area contributed by atoms with E-state index in [4.69, 9.17) is 16.0 Å². The van der Waals surface area contributed by atoms with Gasteiger partial charge in [-0.25, -0.2) is 4.85 Å². The number of allylic oxidation sites excluding steroid dienone is 1. The maximum absolute atomic E-state index is 9.74. The molecule has 1 unspecified atom stereocenters. The summed E-state index contributed by atoms with van der Waals surface area (Å²) in [7, 11) is 0. The van der Waals surface area contributed by atoms with E-state index in [1.165, 1.54) is 37.7 Å². The molecule has 0 radical (unpaired) electrons. The Hall–Kier alpha value is -5.89. The maximum Gasteiger partial charge on any atom is 0.237 e. The number of benzene rings is 3. The Morgan fingerprint density at radius 1 is 0.909 bits per heavy atom. The fourth-order valence-corrected chi connectivity index (χ4v) is 8.05. The molecule has 3 aromatic carbocycles. The molecule has 0 amide bonds. The van der Waals surface area contributed by atoms with Crippen LogP contribution in [0, 0.1) is 29.2 Å². The molecule has 9 heteroatoms. The van der Waals surface area contributed by atoms with Gasteiger partial charge in [0.15, 0.2) is 11.3 Å². The molecule has 0 saturated heterocycles. The van der Waals surface area contributed by atoms with Gasteiger partial charge in [0.1, 0.15) is 30.1 Å². The van der Waals surface area contributed by atoms with Crippen LogP contribution in [0.25, 0.3) is 23.1 Å². The number of aliphatic hydroxyl groups excluding tert-OH is 2. The van der Waals surface area contributed by atoms with Gasteiger partial charge in [-0.1, -0.05) is 79.9 Å². The van der Waals surface area contributed by atoms with Gasteiger partial charge >= 0.3 is 0 Å². The number of ether oxygens (including phenoxy) is 2. The number of hydrogen-bond donors (Lipinski definition) is 2. The summed E-state index contributed by atoms with van der Waals surface area (Å²) >= 11 is 1.58. The highest BCUT2D eigenvalue weighted by molar-refractivity contribution is 7.13. The summed E-state index contributed by atoms with van der Waals surface area (Å²) in [6.45, 7) is 11.1. The van der Waals surface area contributed by atoms with Crippen molar-refractivity contribution in [2.24, 2.45) is 0 Å². The minimum Gasteiger partial charge on any atom is -0.488 e. The lowest BCUT2D eigenvalue weighted by molar-refractivity contribution is 0.0754. The van der Waals surface area contributed by atoms with Crippen molar-refractivity contribution in [3.05, 3.63) is 157 Å². The molecule has 0 spiro atoms. The second-order valence-electron chi connectivity index (χ2n) is 13.7. The Kier molecular flexibility index (Phi) is 13.0. The highest BCUT2D eigenvalue weighted by Crippen LogP contribution is 2.48. The van der Waals surface area contributed by atoms with Crippen LogP contribution in [-0.4, -0.2) is 36.5 Å². The molecule has 4 aromatic rings. The average molecular weight is 749 g/mol. The molecule has 1 aliphatic heterocycles. The van der Waals surface area contributed by atoms with Gasteiger partial charge in [0.05, 0.1) is 19.8 Å². The van der Waals surface area contributed by atoms with E-state index < -0.39 is 5.60 Å². The smallest absolute Gasteiger partial charge is 0.237 e. The summed E-state index contributed by atoms with van der Waals surface area (Å²) in [5, 5.41) is 38.7. The van der Waals surface area contributed by atoms with Gasteiger partial charge in [0.25, 0.3) is 0 Å². The molecule has 1 aromatic heterocycles. The van der Waals surface area contributed by atoms with Gasteiger partial charge in [-0.3, -0.25) is 0 Å². The molecule has 6 rings (SSSR count). The van der Waals surface area contributed by atoms with E-state index in [1.54, 1.807) is 11.3 Å². The third-order valence-electron chi connectivity index (χ3n) is 10.2. The monoisotopic (exact) mass is 748 g/mol. The van der Waals surface area contributed by atoms with E-state index >= 15 is 0 Å². The van der Waals surface area contributed by atoms with E-state index in [1.807, 2.05) is 109 Å². The summed E-state index contributed by atoms with van der Waals surface area (Å²) in [6, 6.07) is 32.1. The second kappa shape index (κ2) is 18.4. The Balaban J connectivity index is 1.28. The molecule has 2 aliphatic rings. The van der Waals surface area contributed by atoms with Crippen LogP contribution in [0.3, 0.4) is 0 Å². The van der Waals surface area contributed by atoms with Crippen molar-refractivity contribution in [1.82, 2.24) is 0 Å². The van der Waals surface area contributed by atoms with Crippen LogP contribution in [-0.2, 0) is 16.9 Å². The summed E-state index contributed by atoms with van der Waals surface area (Å²) in [6.07, 6.45) is 14.0. The van der Waals surface area contributed by atoms with Crippen LogP contribution < -0.4 is 9.64 Å². The van der Waals surface area contributed by atoms with Crippen molar-refractivity contribution in [2.75, 3.05) is 31.2 Å². The predicted octanol–water partition coefficient (Wildman–Crippen LogP) is 9.77. The van der Waals surface area contributed by atoms with Crippen LogP contribution in [0.4, 0.5) is 5.69 Å². The van der Waals surface area contributed by atoms with Gasteiger partial charge in [0, 0.05) is 45.7 Å². The first-order valence-electron chi connectivity index (χ1n) is 18.6. The molecule has 55 heavy (non-hydrogen) atoms. The van der Waals surface area contributed by atoms with Crippen molar-refractivity contribution < 1.29 is 19.7 Å². The Morgan fingerprint density at radius 2 is 1.58 bits per heavy atom. The van der Waals surface area contributed by atoms with Crippen molar-refractivity contribution >= 4 is 35.3 Å². The molecule has 1 saturated carbocycles. The van der Waals surface area contributed by atoms with Gasteiger partial charge in [0.2, 0.25) is 5.70 Å². The van der Waals surface area contributed by atoms with Crippen LogP contribution in [0.2, 0.25) is 0 Å². The molecule has 0 bridgehead atoms. The van der Waals surface area contributed by atoms with Crippen LogP contribution in [0.15, 0.2) is 114 Å². The summed E-state index contributed by atoms with van der Waals surface area (Å²) in [5.74, 6) is 1.24. The fraction of sp³-hybridized carbons (Fsp3) is 0.283. The van der Waals surface area contributed by atoms with Gasteiger partial charge in [-0.15, -0.1) is 11.3 Å². The minimum atomic E-state index is -1.08. The molecular weight excluding hydrogens is 705 g/mol. The molecule has 1 atom stereocenters. The SMILES string of the molecule is [C-]#[N+]C1=C(/C=C/c2ccc(/C=C/c3ccc(N(CCO)CCO)cc3OCc3ccccc3)s2)C(C)(c2ccc(C3CCCCC3)cc2)OC1=C(C#N)C#N. The first kappa shape index (κ1) is 38.8. The van der Waals surface area contributed by atoms with E-state index in [2.05, 4.69) is 29.1 Å². The number of hydrogen-bond acceptors (Lipinski definition) is 8. The second-order valence-corrected chi connectivity index (χ2v) is 14.9. The zero-order valence-corrected chi connectivity index (χ0v) is 31.8. The van der Waals surface area contributed by atoms with Gasteiger partial charge in [-0.2, -0.15) is 10.5 Å². The highest BCUT2D eigenvalue weighted by atomic mass is 32.1. The van der Waals surface area contributed by atoms with E-state index in [0.29, 0.717) is 36.9 Å². The Labute approximate surface area is 327 Å². The lowest BCUT2D eigenvalue weighted by Gasteiger charge is -2.29. The number of aliphatic hydroxyl groups is 2. The van der Waals surface area contributed by atoms with Crippen LogP contribution in [0.5, 0.6) is 5.75 Å². The lowest BCUT2D eigenvalue weighted by Crippen LogP contribution is -2.29. The zero-order chi connectivity index (χ0) is 38.6. The van der Waals surface area contributed by atoms with Gasteiger partial charge < -0.3 is 24.6 Å². The van der Waals surface area contributed by atoms with Crippen molar-refractivity contribution in [3.8, 4) is 17.9 Å². The molecule has 1 aliphatic carbocycles. The molecule has 278 valence electrons. The molecular formula is C46H44N4O4S. The number of nitrogens with zero attached hydrogens (tertiary/aromatic N) is 4. The lowest BCUT2D eigenvalue weighted by atomic mass is 9.82. The maximum atomic E-state index is 9.74. The normalized spacial score (nSPS) is 17.2. The van der Waals surface area contributed by atoms with Crippen LogP contribution in [0.1, 0.15) is 77.0 Å². The van der Waals surface area contributed by atoms with Crippen LogP contribution >= 0.6 is 11.3 Å². The first-order valence-corrected chi connectivity index (χ1v) is 19.4. The third kappa shape index (κ3) is 9.08. The summed E-state index contributed by atoms with van der Waals surface area (Å²) < 4.78 is 12.7. The first-order chi connectivity index (χ1) is 26.9. The molecule has 1 fully saturated rings. The predicted molar refractivity (Wildman–Crippen MR) is 218 cm³/mol. The topological polar surface area (TPSA) is 114 Å². The number of anilines is 1. The van der Waals surface area contributed by atoms with Crippen molar-refractivity contribution in [2.45, 2.75) is 57.2 Å².